The molecule has 0 aliphatic heterocycles. The van der Waals surface area contributed by atoms with Gasteiger partial charge in [-0.25, -0.2) is 9.59 Å². The van der Waals surface area contributed by atoms with Crippen LogP contribution in [-0.2, 0) is 6.54 Å². The van der Waals surface area contributed by atoms with E-state index in [1.165, 1.54) is 24.3 Å². The molecule has 0 aliphatic rings. The molecule has 1 aromatic heterocycles. The van der Waals surface area contributed by atoms with Gasteiger partial charge in [-0.2, -0.15) is 0 Å². The maximum Gasteiger partial charge on any atom is 0.335 e. The third-order valence-electron chi connectivity index (χ3n) is 3.70. The lowest BCUT2D eigenvalue weighted by atomic mass is 9.96. The zero-order valence-electron chi connectivity index (χ0n) is 14.4. The van der Waals surface area contributed by atoms with Crippen molar-refractivity contribution < 1.29 is 19.8 Å². The predicted molar refractivity (Wildman–Crippen MR) is 102 cm³/mol. The molecule has 0 bridgehead atoms. The number of anilines is 1. The second-order valence-corrected chi connectivity index (χ2v) is 5.55. The summed E-state index contributed by atoms with van der Waals surface area (Å²) in [4.78, 5) is 25.8. The third-order valence-corrected chi connectivity index (χ3v) is 3.70. The van der Waals surface area contributed by atoms with Crippen LogP contribution in [0.25, 0.3) is 11.1 Å². The summed E-state index contributed by atoms with van der Waals surface area (Å²) < 4.78 is 0. The van der Waals surface area contributed by atoms with E-state index < -0.39 is 11.9 Å². The normalized spacial score (nSPS) is 9.81. The van der Waals surface area contributed by atoms with Crippen molar-refractivity contribution in [3.05, 3.63) is 83.7 Å². The minimum absolute atomic E-state index is 0.137. The smallest absolute Gasteiger partial charge is 0.335 e. The van der Waals surface area contributed by atoms with Gasteiger partial charge in [-0.1, -0.05) is 18.2 Å². The highest BCUT2D eigenvalue weighted by Gasteiger charge is 2.11. The van der Waals surface area contributed by atoms with Crippen LogP contribution in [0.1, 0.15) is 26.3 Å². The minimum atomic E-state index is -1.04. The van der Waals surface area contributed by atoms with Crippen molar-refractivity contribution in [3.63, 3.8) is 0 Å². The van der Waals surface area contributed by atoms with Gasteiger partial charge in [-0.3, -0.25) is 4.98 Å². The fourth-order valence-corrected chi connectivity index (χ4v) is 2.34. The largest absolute Gasteiger partial charge is 0.478 e. The zero-order chi connectivity index (χ0) is 19.8. The van der Waals surface area contributed by atoms with E-state index >= 15 is 0 Å². The highest BCUT2D eigenvalue weighted by atomic mass is 16.4. The number of nitrogen functional groups attached to an aromatic ring is 1. The maximum atomic E-state index is 11.0. The molecule has 0 fully saturated rings. The van der Waals surface area contributed by atoms with Crippen LogP contribution >= 0.6 is 0 Å². The molecule has 1 heterocycles. The van der Waals surface area contributed by atoms with Crippen molar-refractivity contribution in [2.75, 3.05) is 5.73 Å². The van der Waals surface area contributed by atoms with E-state index in [0.29, 0.717) is 11.1 Å². The molecule has 0 unspecified atom stereocenters. The Morgan fingerprint density at radius 1 is 0.889 bits per heavy atom. The molecule has 0 atom stereocenters. The van der Waals surface area contributed by atoms with Gasteiger partial charge in [0.05, 0.1) is 11.1 Å². The first kappa shape index (κ1) is 19.6. The Hall–Kier alpha value is -3.71. The van der Waals surface area contributed by atoms with E-state index in [4.69, 9.17) is 21.7 Å². The predicted octanol–water partition coefficient (Wildman–Crippen LogP) is 2.87. The molecule has 0 saturated carbocycles. The van der Waals surface area contributed by atoms with Crippen molar-refractivity contribution in [2.45, 2.75) is 6.54 Å². The van der Waals surface area contributed by atoms with Crippen LogP contribution in [0.4, 0.5) is 5.69 Å². The second-order valence-electron chi connectivity index (χ2n) is 5.55. The summed E-state index contributed by atoms with van der Waals surface area (Å²) in [5, 5.41) is 18.0. The highest BCUT2D eigenvalue weighted by Crippen LogP contribution is 2.26. The molecule has 138 valence electrons. The molecule has 6 N–H and O–H groups in total. The summed E-state index contributed by atoms with van der Waals surface area (Å²) in [7, 11) is 0. The second kappa shape index (κ2) is 9.12. The molecule has 0 aliphatic carbocycles. The molecule has 2 aromatic carbocycles. The molecular formula is C20H19N3O4. The number of hydrogen-bond acceptors (Lipinski definition) is 5. The van der Waals surface area contributed by atoms with Crippen LogP contribution in [0.2, 0.25) is 0 Å². The van der Waals surface area contributed by atoms with Crippen LogP contribution in [0.15, 0.2) is 67.0 Å². The number of nitrogens with zero attached hydrogens (tertiary/aromatic N) is 1. The zero-order valence-corrected chi connectivity index (χ0v) is 14.4. The topological polar surface area (TPSA) is 140 Å². The van der Waals surface area contributed by atoms with Gasteiger partial charge in [0.15, 0.2) is 0 Å². The summed E-state index contributed by atoms with van der Waals surface area (Å²) in [6.45, 7) is 0.243. The Kier molecular flexibility index (Phi) is 6.62. The number of rotatable bonds is 4. The summed E-state index contributed by atoms with van der Waals surface area (Å²) in [5.74, 6) is -2.07. The van der Waals surface area contributed by atoms with Gasteiger partial charge in [-0.05, 0) is 53.1 Å². The standard InChI is InChI=1S/C15H13NO4.C5H6N2/c16-8-12-5-4-11(15(19)20)7-13(12)9-2-1-3-10(6-9)14(17)18;6-5-1-3-7-4-2-5/h1-7H,8,16H2,(H,17,18)(H,19,20);1-4H,(H2,6,7). The summed E-state index contributed by atoms with van der Waals surface area (Å²) in [5.41, 5.74) is 14.0. The molecule has 0 amide bonds. The summed E-state index contributed by atoms with van der Waals surface area (Å²) in [6.07, 6.45) is 3.32. The van der Waals surface area contributed by atoms with E-state index in [0.717, 1.165) is 11.3 Å². The number of carbonyl (C=O) groups is 2. The number of benzene rings is 2. The molecule has 3 rings (SSSR count). The third kappa shape index (κ3) is 5.38. The Balaban J connectivity index is 0.000000313. The Morgan fingerprint density at radius 2 is 1.52 bits per heavy atom. The Bertz CT molecular complexity index is 943. The van der Waals surface area contributed by atoms with Gasteiger partial charge in [0.1, 0.15) is 0 Å². The molecule has 27 heavy (non-hydrogen) atoms. The van der Waals surface area contributed by atoms with E-state index in [9.17, 15) is 9.59 Å². The highest BCUT2D eigenvalue weighted by molar-refractivity contribution is 5.92. The lowest BCUT2D eigenvalue weighted by molar-refractivity contribution is 0.0686. The van der Waals surface area contributed by atoms with E-state index in [-0.39, 0.29) is 17.7 Å². The van der Waals surface area contributed by atoms with Crippen LogP contribution in [0.3, 0.4) is 0 Å². The van der Waals surface area contributed by atoms with Crippen LogP contribution in [0, 0.1) is 0 Å². The first-order valence-electron chi connectivity index (χ1n) is 7.98. The molecule has 0 radical (unpaired) electrons. The maximum absolute atomic E-state index is 11.0. The van der Waals surface area contributed by atoms with Gasteiger partial charge in [-0.15, -0.1) is 0 Å². The molecule has 7 heteroatoms. The fraction of sp³-hybridized carbons (Fsp3) is 0.0500. The van der Waals surface area contributed by atoms with Gasteiger partial charge in [0.25, 0.3) is 0 Å². The number of aromatic carboxylic acids is 2. The number of pyridine rings is 1. The van der Waals surface area contributed by atoms with Crippen LogP contribution < -0.4 is 11.5 Å². The Morgan fingerprint density at radius 3 is 2.04 bits per heavy atom. The summed E-state index contributed by atoms with van der Waals surface area (Å²) >= 11 is 0. The number of aromatic nitrogens is 1. The van der Waals surface area contributed by atoms with Crippen LogP contribution in [-0.4, -0.2) is 27.1 Å². The fourth-order valence-electron chi connectivity index (χ4n) is 2.34. The van der Waals surface area contributed by atoms with Crippen LogP contribution in [0.5, 0.6) is 0 Å². The molecule has 7 nitrogen and oxygen atoms in total. The summed E-state index contributed by atoms with van der Waals surface area (Å²) in [6, 6.07) is 14.5. The first-order chi connectivity index (χ1) is 12.9. The lowest BCUT2D eigenvalue weighted by Crippen LogP contribution is -2.03. The lowest BCUT2D eigenvalue weighted by Gasteiger charge is -2.10. The Labute approximate surface area is 155 Å². The average molecular weight is 365 g/mol. The van der Waals surface area contributed by atoms with Gasteiger partial charge < -0.3 is 21.7 Å². The van der Waals surface area contributed by atoms with Crippen molar-refractivity contribution in [1.29, 1.82) is 0 Å². The van der Waals surface area contributed by atoms with Crippen molar-refractivity contribution in [2.24, 2.45) is 5.73 Å². The molecule has 0 spiro atoms. The SMILES string of the molecule is NCc1ccc(C(=O)O)cc1-c1cccc(C(=O)O)c1.Nc1ccncc1. The van der Waals surface area contributed by atoms with E-state index in [1.807, 2.05) is 0 Å². The van der Waals surface area contributed by atoms with Gasteiger partial charge >= 0.3 is 11.9 Å². The van der Waals surface area contributed by atoms with E-state index in [1.54, 1.807) is 42.7 Å². The molecular weight excluding hydrogens is 346 g/mol. The molecule has 0 saturated heterocycles. The number of nitrogens with two attached hydrogens (primary N) is 2. The monoisotopic (exact) mass is 365 g/mol. The first-order valence-corrected chi connectivity index (χ1v) is 7.98. The van der Waals surface area contributed by atoms with Crippen molar-refractivity contribution >= 4 is 17.6 Å². The minimum Gasteiger partial charge on any atom is -0.478 e. The van der Waals surface area contributed by atoms with Gasteiger partial charge in [0.2, 0.25) is 0 Å². The number of carboxylic acid groups (broad SMARTS) is 2. The number of carboxylic acids is 2. The van der Waals surface area contributed by atoms with Gasteiger partial charge in [0, 0.05) is 24.6 Å². The van der Waals surface area contributed by atoms with E-state index in [2.05, 4.69) is 4.98 Å². The van der Waals surface area contributed by atoms with Crippen molar-refractivity contribution in [1.82, 2.24) is 4.98 Å². The number of hydrogen-bond donors (Lipinski definition) is 4. The average Bonchev–Trinajstić information content (AvgIpc) is 2.68. The molecule has 3 aromatic rings. The van der Waals surface area contributed by atoms with Crippen molar-refractivity contribution in [3.8, 4) is 11.1 Å². The quantitative estimate of drug-likeness (QED) is 0.557.